The Hall–Kier alpha value is -1.69. The van der Waals surface area contributed by atoms with E-state index in [1.165, 1.54) is 10.6 Å². The number of primary amides is 1. The maximum absolute atomic E-state index is 13.4. The zero-order valence-corrected chi connectivity index (χ0v) is 9.34. The first-order chi connectivity index (χ1) is 7.52. The molecule has 3 N–H and O–H groups in total. The summed E-state index contributed by atoms with van der Waals surface area (Å²) >= 11 is 5.04. The molecule has 0 saturated heterocycles. The molecule has 0 bridgehead atoms. The molecule has 2 rings (SSSR count). The molecule has 1 aromatic carbocycles. The molecule has 0 spiro atoms. The Bertz CT molecular complexity index is 616. The largest absolute Gasteiger partial charge is 0.368 e. The van der Waals surface area contributed by atoms with E-state index in [1.54, 1.807) is 19.1 Å². The van der Waals surface area contributed by atoms with Crippen molar-refractivity contribution < 1.29 is 9.18 Å². The normalized spacial score (nSPS) is 12.9. The van der Waals surface area contributed by atoms with Crippen LogP contribution in [0.4, 0.5) is 4.39 Å². The molecule has 0 radical (unpaired) electrons. The second-order valence-electron chi connectivity index (χ2n) is 3.51. The van der Waals surface area contributed by atoms with Crippen molar-refractivity contribution in [2.24, 2.45) is 5.73 Å². The number of fused-ring (bicyclic) bond motifs is 1. The number of benzene rings is 1. The molecular weight excluding hydrogens is 229 g/mol. The van der Waals surface area contributed by atoms with E-state index in [2.05, 4.69) is 4.98 Å². The molecule has 1 aromatic heterocycles. The second kappa shape index (κ2) is 3.71. The third-order valence-corrected chi connectivity index (χ3v) is 2.80. The second-order valence-corrected chi connectivity index (χ2v) is 3.90. The number of carbonyl (C=O) groups excluding carboxylic acids is 1. The third-order valence-electron chi connectivity index (χ3n) is 2.50. The number of hydrogen-bond donors (Lipinski definition) is 2. The van der Waals surface area contributed by atoms with Crippen LogP contribution in [0.2, 0.25) is 0 Å². The smallest absolute Gasteiger partial charge is 0.240 e. The number of rotatable bonds is 2. The summed E-state index contributed by atoms with van der Waals surface area (Å²) in [4.78, 5) is 13.9. The highest BCUT2D eigenvalue weighted by Crippen LogP contribution is 2.20. The lowest BCUT2D eigenvalue weighted by atomic mass is 10.2. The number of H-pyrrole nitrogens is 1. The van der Waals surface area contributed by atoms with Gasteiger partial charge in [0, 0.05) is 0 Å². The highest BCUT2D eigenvalue weighted by atomic mass is 32.1. The number of nitrogens with one attached hydrogen (secondary N) is 1. The fourth-order valence-electron chi connectivity index (χ4n) is 1.63. The predicted octanol–water partition coefficient (Wildman–Crippen LogP) is 1.88. The van der Waals surface area contributed by atoms with Gasteiger partial charge in [-0.15, -0.1) is 0 Å². The Morgan fingerprint density at radius 2 is 2.31 bits per heavy atom. The van der Waals surface area contributed by atoms with Gasteiger partial charge >= 0.3 is 0 Å². The van der Waals surface area contributed by atoms with Crippen LogP contribution in [0.15, 0.2) is 18.2 Å². The Labute approximate surface area is 95.9 Å². The van der Waals surface area contributed by atoms with E-state index in [4.69, 9.17) is 18.0 Å². The minimum atomic E-state index is -0.608. The Kier molecular flexibility index (Phi) is 2.51. The van der Waals surface area contributed by atoms with Gasteiger partial charge in [0.2, 0.25) is 5.91 Å². The lowest BCUT2D eigenvalue weighted by Crippen LogP contribution is -2.23. The zero-order chi connectivity index (χ0) is 11.9. The molecule has 1 atom stereocenters. The van der Waals surface area contributed by atoms with Crippen LogP contribution >= 0.6 is 12.2 Å². The number of para-hydroxylation sites is 1. The van der Waals surface area contributed by atoms with Crippen LogP contribution in [-0.2, 0) is 4.79 Å². The summed E-state index contributed by atoms with van der Waals surface area (Å²) in [7, 11) is 0. The molecule has 1 unspecified atom stereocenters. The van der Waals surface area contributed by atoms with E-state index < -0.39 is 17.8 Å². The van der Waals surface area contributed by atoms with E-state index >= 15 is 0 Å². The van der Waals surface area contributed by atoms with Crippen molar-refractivity contribution in [1.29, 1.82) is 0 Å². The van der Waals surface area contributed by atoms with Crippen molar-refractivity contribution in [3.63, 3.8) is 0 Å². The minimum absolute atomic E-state index is 0.284. The standard InChI is InChI=1S/C10H10FN3OS/c1-5(9(12)15)14-7-4-2-3-6(11)8(7)13-10(14)16/h2-5H,1H3,(H2,12,15)(H,13,16). The minimum Gasteiger partial charge on any atom is -0.368 e. The Morgan fingerprint density at radius 3 is 2.94 bits per heavy atom. The van der Waals surface area contributed by atoms with Crippen molar-refractivity contribution in [1.82, 2.24) is 9.55 Å². The first-order valence-corrected chi connectivity index (χ1v) is 5.11. The van der Waals surface area contributed by atoms with Crippen molar-refractivity contribution in [2.45, 2.75) is 13.0 Å². The van der Waals surface area contributed by atoms with Crippen LogP contribution in [0.5, 0.6) is 0 Å². The third kappa shape index (κ3) is 1.51. The van der Waals surface area contributed by atoms with Gasteiger partial charge in [0.15, 0.2) is 4.77 Å². The SMILES string of the molecule is CC(C(N)=O)n1c(=S)[nH]c2c(F)cccc21. The van der Waals surface area contributed by atoms with Crippen molar-refractivity contribution in [2.75, 3.05) is 0 Å². The van der Waals surface area contributed by atoms with Gasteiger partial charge in [0.25, 0.3) is 0 Å². The van der Waals surface area contributed by atoms with E-state index in [0.29, 0.717) is 11.0 Å². The molecule has 0 aliphatic carbocycles. The summed E-state index contributed by atoms with van der Waals surface area (Å²) in [6.07, 6.45) is 0. The number of nitrogens with two attached hydrogens (primary N) is 1. The van der Waals surface area contributed by atoms with Gasteiger partial charge in [-0.3, -0.25) is 4.79 Å². The lowest BCUT2D eigenvalue weighted by molar-refractivity contribution is -0.120. The average Bonchev–Trinajstić information content (AvgIpc) is 2.55. The monoisotopic (exact) mass is 239 g/mol. The fourth-order valence-corrected chi connectivity index (χ4v) is 1.98. The van der Waals surface area contributed by atoms with E-state index in [9.17, 15) is 9.18 Å². The average molecular weight is 239 g/mol. The molecule has 4 nitrogen and oxygen atoms in total. The van der Waals surface area contributed by atoms with Gasteiger partial charge in [-0.2, -0.15) is 0 Å². The first kappa shape index (κ1) is 10.8. The van der Waals surface area contributed by atoms with Crippen molar-refractivity contribution >= 4 is 29.2 Å². The molecule has 2 aromatic rings. The van der Waals surface area contributed by atoms with E-state index in [0.717, 1.165) is 0 Å². The summed E-state index contributed by atoms with van der Waals surface area (Å²) in [5.41, 5.74) is 6.04. The van der Waals surface area contributed by atoms with Gasteiger partial charge in [-0.1, -0.05) is 6.07 Å². The Morgan fingerprint density at radius 1 is 1.62 bits per heavy atom. The van der Waals surface area contributed by atoms with Gasteiger partial charge in [0.1, 0.15) is 17.4 Å². The van der Waals surface area contributed by atoms with Gasteiger partial charge in [0.05, 0.1) is 5.52 Å². The maximum atomic E-state index is 13.4. The molecule has 84 valence electrons. The van der Waals surface area contributed by atoms with Crippen LogP contribution in [-0.4, -0.2) is 15.5 Å². The zero-order valence-electron chi connectivity index (χ0n) is 8.53. The number of carbonyl (C=O) groups is 1. The Balaban J connectivity index is 2.80. The molecule has 16 heavy (non-hydrogen) atoms. The topological polar surface area (TPSA) is 63.8 Å². The predicted molar refractivity (Wildman–Crippen MR) is 61.0 cm³/mol. The maximum Gasteiger partial charge on any atom is 0.240 e. The molecule has 0 aliphatic rings. The van der Waals surface area contributed by atoms with E-state index in [-0.39, 0.29) is 4.77 Å². The molecular formula is C10H10FN3OS. The van der Waals surface area contributed by atoms with Gasteiger partial charge in [-0.25, -0.2) is 4.39 Å². The lowest BCUT2D eigenvalue weighted by Gasteiger charge is -2.09. The van der Waals surface area contributed by atoms with Crippen molar-refractivity contribution in [3.05, 3.63) is 28.8 Å². The van der Waals surface area contributed by atoms with Gasteiger partial charge < -0.3 is 15.3 Å². The van der Waals surface area contributed by atoms with Crippen LogP contribution < -0.4 is 5.73 Å². The summed E-state index contributed by atoms with van der Waals surface area (Å²) < 4.78 is 15.2. The van der Waals surface area contributed by atoms with Crippen LogP contribution in [0, 0.1) is 10.6 Å². The number of hydrogen-bond acceptors (Lipinski definition) is 2. The van der Waals surface area contributed by atoms with Crippen LogP contribution in [0.25, 0.3) is 11.0 Å². The molecule has 6 heteroatoms. The summed E-state index contributed by atoms with van der Waals surface area (Å²) in [6.45, 7) is 1.62. The van der Waals surface area contributed by atoms with E-state index in [1.807, 2.05) is 0 Å². The van der Waals surface area contributed by atoms with Crippen LogP contribution in [0.3, 0.4) is 0 Å². The number of aromatic nitrogens is 2. The van der Waals surface area contributed by atoms with Crippen LogP contribution in [0.1, 0.15) is 13.0 Å². The number of amides is 1. The highest BCUT2D eigenvalue weighted by molar-refractivity contribution is 7.71. The summed E-state index contributed by atoms with van der Waals surface area (Å²) in [5, 5.41) is 0. The number of imidazole rings is 1. The number of nitrogens with zero attached hydrogens (tertiary/aromatic N) is 1. The molecule has 0 aliphatic heterocycles. The summed E-state index contributed by atoms with van der Waals surface area (Å²) in [5.74, 6) is -0.916. The molecule has 1 heterocycles. The molecule has 1 amide bonds. The molecule has 0 fully saturated rings. The first-order valence-electron chi connectivity index (χ1n) is 4.70. The number of halogens is 1. The quantitative estimate of drug-likeness (QED) is 0.786. The van der Waals surface area contributed by atoms with Gasteiger partial charge in [-0.05, 0) is 31.3 Å². The molecule has 0 saturated carbocycles. The highest BCUT2D eigenvalue weighted by Gasteiger charge is 2.16. The fraction of sp³-hybridized carbons (Fsp3) is 0.200. The van der Waals surface area contributed by atoms with Crippen molar-refractivity contribution in [3.8, 4) is 0 Å². The number of aromatic amines is 1. The summed E-state index contributed by atoms with van der Waals surface area (Å²) in [6, 6.07) is 3.96.